The fourth-order valence-corrected chi connectivity index (χ4v) is 2.48. The first kappa shape index (κ1) is 20.2. The molecule has 1 N–H and O–H groups in total. The summed E-state index contributed by atoms with van der Waals surface area (Å²) in [6, 6.07) is 8.45. The van der Waals surface area contributed by atoms with Crippen LogP contribution in [0.25, 0.3) is 0 Å². The van der Waals surface area contributed by atoms with Crippen LogP contribution in [0.1, 0.15) is 17.3 Å². The number of anilines is 1. The van der Waals surface area contributed by atoms with Crippen LogP contribution >= 0.6 is 0 Å². The third-order valence-corrected chi connectivity index (χ3v) is 3.69. The predicted octanol–water partition coefficient (Wildman–Crippen LogP) is 3.21. The number of carbonyl (C=O) groups is 2. The van der Waals surface area contributed by atoms with Crippen LogP contribution in [0, 0.1) is 0 Å². The first-order chi connectivity index (χ1) is 14.0. The average Bonchev–Trinajstić information content (AvgIpc) is 3.15. The molecule has 29 heavy (non-hydrogen) atoms. The lowest BCUT2D eigenvalue weighted by atomic mass is 10.2. The molecule has 0 unspecified atom stereocenters. The summed E-state index contributed by atoms with van der Waals surface area (Å²) in [5.41, 5.74) is 0.466. The highest BCUT2D eigenvalue weighted by atomic mass is 19.3. The fraction of sp³-hybridized carbons (Fsp3) is 0.263. The molecule has 8 nitrogen and oxygen atoms in total. The Bertz CT molecular complexity index is 904. The Balaban J connectivity index is 1.58. The van der Waals surface area contributed by atoms with Gasteiger partial charge >= 0.3 is 12.6 Å². The molecule has 0 aromatic heterocycles. The Hall–Kier alpha value is -3.56. The summed E-state index contributed by atoms with van der Waals surface area (Å²) in [4.78, 5) is 24.2. The van der Waals surface area contributed by atoms with Gasteiger partial charge in [0.25, 0.3) is 5.91 Å². The molecule has 3 rings (SSSR count). The molecule has 0 radical (unpaired) electrons. The number of amides is 1. The highest BCUT2D eigenvalue weighted by molar-refractivity contribution is 5.96. The number of nitrogens with one attached hydrogen (secondary N) is 1. The standard InChI is InChI=1S/C19H17F2NO7/c1-2-25-15-7-11(3-5-14(15)29-19(20)21)18(24)26-9-17(23)22-12-4-6-13-16(8-12)28-10-27-13/h3-8,19H,2,9-10H2,1H3,(H,22,23). The van der Waals surface area contributed by atoms with Gasteiger partial charge in [-0.2, -0.15) is 8.78 Å². The zero-order valence-corrected chi connectivity index (χ0v) is 15.3. The SMILES string of the molecule is CCOc1cc(C(=O)OCC(=O)Nc2ccc3c(c2)OCO3)ccc1OC(F)F. The summed E-state index contributed by atoms with van der Waals surface area (Å²) in [7, 11) is 0. The molecule has 1 aliphatic rings. The van der Waals surface area contributed by atoms with E-state index in [-0.39, 0.29) is 30.5 Å². The van der Waals surface area contributed by atoms with Crippen LogP contribution in [0.15, 0.2) is 36.4 Å². The molecule has 154 valence electrons. The number of benzene rings is 2. The molecule has 0 fully saturated rings. The van der Waals surface area contributed by atoms with Gasteiger partial charge in [-0.1, -0.05) is 0 Å². The van der Waals surface area contributed by atoms with E-state index in [4.69, 9.17) is 18.9 Å². The van der Waals surface area contributed by atoms with Crippen LogP contribution in [-0.4, -0.2) is 38.5 Å². The van der Waals surface area contributed by atoms with Gasteiger partial charge in [-0.3, -0.25) is 4.79 Å². The predicted molar refractivity (Wildman–Crippen MR) is 95.7 cm³/mol. The highest BCUT2D eigenvalue weighted by Crippen LogP contribution is 2.34. The summed E-state index contributed by atoms with van der Waals surface area (Å²) in [5.74, 6) is -0.575. The molecule has 1 aliphatic heterocycles. The van der Waals surface area contributed by atoms with Gasteiger partial charge in [-0.15, -0.1) is 0 Å². The summed E-state index contributed by atoms with van der Waals surface area (Å²) in [6.45, 7) is -1.65. The van der Waals surface area contributed by atoms with Gasteiger partial charge in [0.05, 0.1) is 12.2 Å². The lowest BCUT2D eigenvalue weighted by Crippen LogP contribution is -2.21. The Kier molecular flexibility index (Phi) is 6.32. The van der Waals surface area contributed by atoms with E-state index in [0.29, 0.717) is 17.2 Å². The second kappa shape index (κ2) is 9.09. The minimum Gasteiger partial charge on any atom is -0.490 e. The minimum atomic E-state index is -3.04. The number of hydrogen-bond donors (Lipinski definition) is 1. The summed E-state index contributed by atoms with van der Waals surface area (Å²) in [5, 5.41) is 2.56. The van der Waals surface area contributed by atoms with Gasteiger partial charge in [0.2, 0.25) is 6.79 Å². The summed E-state index contributed by atoms with van der Waals surface area (Å²) >= 11 is 0. The molecule has 0 spiro atoms. The normalized spacial score (nSPS) is 11.9. The number of alkyl halides is 2. The third-order valence-electron chi connectivity index (χ3n) is 3.69. The van der Waals surface area contributed by atoms with E-state index in [1.54, 1.807) is 25.1 Å². The van der Waals surface area contributed by atoms with Crippen molar-refractivity contribution in [2.75, 3.05) is 25.3 Å². The van der Waals surface area contributed by atoms with Crippen molar-refractivity contribution in [1.29, 1.82) is 0 Å². The smallest absolute Gasteiger partial charge is 0.387 e. The molecule has 0 saturated carbocycles. The Labute approximate surface area is 164 Å². The topological polar surface area (TPSA) is 92.3 Å². The van der Waals surface area contributed by atoms with Gasteiger partial charge in [-0.05, 0) is 37.3 Å². The number of ether oxygens (including phenoxy) is 5. The molecule has 0 bridgehead atoms. The van der Waals surface area contributed by atoms with Crippen LogP contribution in [0.3, 0.4) is 0 Å². The van der Waals surface area contributed by atoms with Gasteiger partial charge in [0.1, 0.15) is 0 Å². The third kappa shape index (κ3) is 5.24. The van der Waals surface area contributed by atoms with Crippen molar-refractivity contribution in [1.82, 2.24) is 0 Å². The molecule has 0 atom stereocenters. The van der Waals surface area contributed by atoms with E-state index in [2.05, 4.69) is 10.1 Å². The van der Waals surface area contributed by atoms with Gasteiger partial charge < -0.3 is 29.0 Å². The molecular weight excluding hydrogens is 392 g/mol. The molecule has 10 heteroatoms. The quantitative estimate of drug-likeness (QED) is 0.670. The second-order valence-corrected chi connectivity index (χ2v) is 5.67. The maximum atomic E-state index is 12.4. The van der Waals surface area contributed by atoms with Gasteiger partial charge in [-0.25, -0.2) is 4.79 Å². The van der Waals surface area contributed by atoms with Crippen molar-refractivity contribution in [3.63, 3.8) is 0 Å². The first-order valence-corrected chi connectivity index (χ1v) is 8.54. The number of carbonyl (C=O) groups excluding carboxylic acids is 2. The van der Waals surface area contributed by atoms with E-state index < -0.39 is 25.1 Å². The fourth-order valence-electron chi connectivity index (χ4n) is 2.48. The number of hydrogen-bond acceptors (Lipinski definition) is 7. The Morgan fingerprint density at radius 2 is 1.90 bits per heavy atom. The zero-order valence-electron chi connectivity index (χ0n) is 15.3. The lowest BCUT2D eigenvalue weighted by molar-refractivity contribution is -0.119. The van der Waals surface area contributed by atoms with Crippen molar-refractivity contribution in [2.24, 2.45) is 0 Å². The number of rotatable bonds is 8. The van der Waals surface area contributed by atoms with Crippen LogP contribution in [0.2, 0.25) is 0 Å². The van der Waals surface area contributed by atoms with Gasteiger partial charge in [0.15, 0.2) is 29.6 Å². The van der Waals surface area contributed by atoms with Crippen molar-refractivity contribution < 1.29 is 42.1 Å². The Morgan fingerprint density at radius 3 is 2.66 bits per heavy atom. The van der Waals surface area contributed by atoms with Gasteiger partial charge in [0, 0.05) is 11.8 Å². The van der Waals surface area contributed by atoms with E-state index in [0.717, 1.165) is 0 Å². The average molecular weight is 409 g/mol. The maximum Gasteiger partial charge on any atom is 0.387 e. The molecule has 1 amide bonds. The van der Waals surface area contributed by atoms with Crippen LogP contribution in [0.4, 0.5) is 14.5 Å². The molecule has 0 saturated heterocycles. The van der Waals surface area contributed by atoms with E-state index in [1.807, 2.05) is 0 Å². The number of esters is 1. The lowest BCUT2D eigenvalue weighted by Gasteiger charge is -2.12. The zero-order chi connectivity index (χ0) is 20.8. The summed E-state index contributed by atoms with van der Waals surface area (Å²) < 4.78 is 49.8. The summed E-state index contributed by atoms with van der Waals surface area (Å²) in [6.07, 6.45) is 0. The van der Waals surface area contributed by atoms with Crippen LogP contribution in [0.5, 0.6) is 23.0 Å². The molecule has 2 aromatic rings. The first-order valence-electron chi connectivity index (χ1n) is 8.54. The largest absolute Gasteiger partial charge is 0.490 e. The number of halogens is 2. The van der Waals surface area contributed by atoms with Crippen molar-refractivity contribution in [3.8, 4) is 23.0 Å². The Morgan fingerprint density at radius 1 is 1.10 bits per heavy atom. The van der Waals surface area contributed by atoms with Crippen LogP contribution in [-0.2, 0) is 9.53 Å². The van der Waals surface area contributed by atoms with E-state index in [1.165, 1.54) is 18.2 Å². The van der Waals surface area contributed by atoms with Crippen molar-refractivity contribution in [3.05, 3.63) is 42.0 Å². The minimum absolute atomic E-state index is 0.0194. The maximum absolute atomic E-state index is 12.4. The molecular formula is C19H17F2NO7. The monoisotopic (exact) mass is 409 g/mol. The molecule has 2 aromatic carbocycles. The molecule has 0 aliphatic carbocycles. The van der Waals surface area contributed by atoms with E-state index in [9.17, 15) is 18.4 Å². The highest BCUT2D eigenvalue weighted by Gasteiger charge is 2.17. The molecule has 1 heterocycles. The number of fused-ring (bicyclic) bond motifs is 1. The van der Waals surface area contributed by atoms with E-state index >= 15 is 0 Å². The van der Waals surface area contributed by atoms with Crippen molar-refractivity contribution in [2.45, 2.75) is 13.5 Å². The second-order valence-electron chi connectivity index (χ2n) is 5.67. The van der Waals surface area contributed by atoms with Crippen molar-refractivity contribution >= 4 is 17.6 Å². The van der Waals surface area contributed by atoms with Crippen LogP contribution < -0.4 is 24.3 Å².